The summed E-state index contributed by atoms with van der Waals surface area (Å²) < 4.78 is 17.2. The molecule has 7 nitrogen and oxygen atoms in total. The van der Waals surface area contributed by atoms with Crippen molar-refractivity contribution in [2.24, 2.45) is 0 Å². The third-order valence-electron chi connectivity index (χ3n) is 7.19. The van der Waals surface area contributed by atoms with Gasteiger partial charge in [-0.1, -0.05) is 13.8 Å². The molecule has 0 amide bonds. The van der Waals surface area contributed by atoms with Crippen molar-refractivity contribution in [2.45, 2.75) is 58.6 Å². The molecule has 2 aliphatic heterocycles. The number of carbonyl (C=O) groups is 1. The molecule has 1 unspecified atom stereocenters. The molecule has 2 atom stereocenters. The molecule has 2 fully saturated rings. The van der Waals surface area contributed by atoms with Gasteiger partial charge in [-0.25, -0.2) is 4.79 Å². The lowest BCUT2D eigenvalue weighted by atomic mass is 9.97. The fourth-order valence-electron chi connectivity index (χ4n) is 4.94. The van der Waals surface area contributed by atoms with Gasteiger partial charge in [-0.05, 0) is 70.4 Å². The smallest absolute Gasteiger partial charge is 0.339 e. The van der Waals surface area contributed by atoms with Crippen molar-refractivity contribution in [3.8, 4) is 5.75 Å². The van der Waals surface area contributed by atoms with Crippen molar-refractivity contribution in [1.29, 1.82) is 0 Å². The number of hydrogen-bond acceptors (Lipinski definition) is 7. The number of aryl methyl sites for hydroxylation is 1. The van der Waals surface area contributed by atoms with Crippen LogP contribution in [0, 0.1) is 6.92 Å². The van der Waals surface area contributed by atoms with E-state index >= 15 is 0 Å². The third kappa shape index (κ3) is 4.28. The number of carbonyl (C=O) groups excluding carboxylic acids is 1. The SMILES string of the molecule is CCN(CC)CCc1c(C)c2ccc(OCC3CN4CCC[C@]4(C)C(=O)O3)cc2oc1=O. The Balaban J connectivity index is 1.45. The second kappa shape index (κ2) is 9.24. The zero-order chi connectivity index (χ0) is 22.9. The minimum atomic E-state index is -0.483. The molecule has 1 aromatic heterocycles. The fraction of sp³-hybridized carbons (Fsp3) is 0.600. The van der Waals surface area contributed by atoms with E-state index in [0.29, 0.717) is 24.3 Å². The van der Waals surface area contributed by atoms with Crippen molar-refractivity contribution in [3.05, 3.63) is 39.7 Å². The van der Waals surface area contributed by atoms with Gasteiger partial charge < -0.3 is 18.8 Å². The average Bonchev–Trinajstić information content (AvgIpc) is 3.16. The van der Waals surface area contributed by atoms with Gasteiger partial charge in [0.05, 0.1) is 0 Å². The minimum absolute atomic E-state index is 0.160. The molecular weight excluding hydrogens is 408 g/mol. The van der Waals surface area contributed by atoms with Gasteiger partial charge in [-0.3, -0.25) is 9.69 Å². The summed E-state index contributed by atoms with van der Waals surface area (Å²) in [5.41, 5.74) is 1.45. The summed E-state index contributed by atoms with van der Waals surface area (Å²) in [6, 6.07) is 5.57. The van der Waals surface area contributed by atoms with Gasteiger partial charge in [-0.2, -0.15) is 0 Å². The first-order chi connectivity index (χ1) is 15.4. The topological polar surface area (TPSA) is 72.2 Å². The number of benzene rings is 1. The molecule has 32 heavy (non-hydrogen) atoms. The van der Waals surface area contributed by atoms with Crippen LogP contribution in [0.1, 0.15) is 44.7 Å². The molecule has 4 rings (SSSR count). The summed E-state index contributed by atoms with van der Waals surface area (Å²) >= 11 is 0. The van der Waals surface area contributed by atoms with Crippen LogP contribution in [-0.2, 0) is 16.0 Å². The number of nitrogens with zero attached hydrogens (tertiary/aromatic N) is 2. The van der Waals surface area contributed by atoms with E-state index in [4.69, 9.17) is 13.9 Å². The Kier molecular flexibility index (Phi) is 6.58. The molecule has 0 spiro atoms. The van der Waals surface area contributed by atoms with Gasteiger partial charge in [0.15, 0.2) is 0 Å². The molecular formula is C25H34N2O5. The van der Waals surface area contributed by atoms with Crippen molar-refractivity contribution in [3.63, 3.8) is 0 Å². The highest BCUT2D eigenvalue weighted by Gasteiger charge is 2.49. The Morgan fingerprint density at radius 1 is 1.25 bits per heavy atom. The lowest BCUT2D eigenvalue weighted by Gasteiger charge is -2.40. The largest absolute Gasteiger partial charge is 0.490 e. The number of hydrogen-bond donors (Lipinski definition) is 0. The number of ether oxygens (including phenoxy) is 2. The van der Waals surface area contributed by atoms with Crippen LogP contribution in [0.4, 0.5) is 0 Å². The first-order valence-electron chi connectivity index (χ1n) is 11.7. The van der Waals surface area contributed by atoms with E-state index in [1.165, 1.54) is 0 Å². The van der Waals surface area contributed by atoms with Crippen LogP contribution in [0.5, 0.6) is 5.75 Å². The lowest BCUT2D eigenvalue weighted by molar-refractivity contribution is -0.175. The van der Waals surface area contributed by atoms with Gasteiger partial charge in [0.1, 0.15) is 29.6 Å². The second-order valence-electron chi connectivity index (χ2n) is 9.09. The summed E-state index contributed by atoms with van der Waals surface area (Å²) in [7, 11) is 0. The van der Waals surface area contributed by atoms with Crippen LogP contribution in [-0.4, -0.2) is 66.7 Å². The molecule has 0 aliphatic carbocycles. The number of esters is 1. The molecule has 0 N–H and O–H groups in total. The normalized spacial score (nSPS) is 23.5. The standard InChI is InChI=1S/C25H34N2O5/c1-5-26(6-2)13-10-21-17(3)20-9-8-18(14-22(20)32-23(21)28)30-16-19-15-27-12-7-11-25(27,4)24(29)31-19/h8-9,14,19H,5-7,10-13,15-16H2,1-4H3/t19?,25-/m1/s1. The van der Waals surface area contributed by atoms with Crippen LogP contribution in [0.2, 0.25) is 0 Å². The van der Waals surface area contributed by atoms with E-state index in [-0.39, 0.29) is 24.3 Å². The number of cyclic esters (lactones) is 1. The summed E-state index contributed by atoms with van der Waals surface area (Å²) in [6.45, 7) is 12.8. The van der Waals surface area contributed by atoms with E-state index < -0.39 is 5.54 Å². The van der Waals surface area contributed by atoms with Crippen LogP contribution in [0.25, 0.3) is 11.0 Å². The predicted molar refractivity (Wildman–Crippen MR) is 123 cm³/mol. The maximum atomic E-state index is 12.6. The minimum Gasteiger partial charge on any atom is -0.490 e. The highest BCUT2D eigenvalue weighted by Crippen LogP contribution is 2.34. The molecule has 1 aromatic carbocycles. The zero-order valence-corrected chi connectivity index (χ0v) is 19.6. The van der Waals surface area contributed by atoms with Crippen molar-refractivity contribution >= 4 is 16.9 Å². The van der Waals surface area contributed by atoms with E-state index in [9.17, 15) is 9.59 Å². The zero-order valence-electron chi connectivity index (χ0n) is 19.6. The molecule has 0 bridgehead atoms. The summed E-state index contributed by atoms with van der Waals surface area (Å²) in [6.07, 6.45) is 2.23. The fourth-order valence-corrected chi connectivity index (χ4v) is 4.94. The molecule has 2 aromatic rings. The van der Waals surface area contributed by atoms with Crippen molar-refractivity contribution in [2.75, 3.05) is 39.3 Å². The molecule has 2 saturated heterocycles. The van der Waals surface area contributed by atoms with Gasteiger partial charge in [0, 0.05) is 30.1 Å². The van der Waals surface area contributed by atoms with E-state index in [1.807, 2.05) is 26.0 Å². The van der Waals surface area contributed by atoms with Gasteiger partial charge in [0.25, 0.3) is 0 Å². The Bertz CT molecular complexity index is 1040. The Morgan fingerprint density at radius 3 is 2.78 bits per heavy atom. The maximum absolute atomic E-state index is 12.6. The number of rotatable bonds is 8. The molecule has 0 saturated carbocycles. The third-order valence-corrected chi connectivity index (χ3v) is 7.19. The monoisotopic (exact) mass is 442 g/mol. The molecule has 174 valence electrons. The van der Waals surface area contributed by atoms with E-state index in [2.05, 4.69) is 23.6 Å². The van der Waals surface area contributed by atoms with Crippen LogP contribution < -0.4 is 10.4 Å². The Morgan fingerprint density at radius 2 is 2.03 bits per heavy atom. The van der Waals surface area contributed by atoms with Crippen LogP contribution >= 0.6 is 0 Å². The molecule has 0 radical (unpaired) electrons. The number of fused-ring (bicyclic) bond motifs is 2. The molecule has 3 heterocycles. The number of likely N-dealkylation sites (N-methyl/N-ethyl adjacent to an activating group) is 1. The van der Waals surface area contributed by atoms with E-state index in [0.717, 1.165) is 55.5 Å². The maximum Gasteiger partial charge on any atom is 0.339 e. The molecule has 2 aliphatic rings. The first kappa shape index (κ1) is 22.8. The second-order valence-corrected chi connectivity index (χ2v) is 9.09. The van der Waals surface area contributed by atoms with Crippen molar-refractivity contribution in [1.82, 2.24) is 9.80 Å². The van der Waals surface area contributed by atoms with Crippen LogP contribution in [0.3, 0.4) is 0 Å². The van der Waals surface area contributed by atoms with E-state index in [1.54, 1.807) is 6.07 Å². The first-order valence-corrected chi connectivity index (χ1v) is 11.7. The molecule has 7 heteroatoms. The van der Waals surface area contributed by atoms with Gasteiger partial charge in [-0.15, -0.1) is 0 Å². The lowest BCUT2D eigenvalue weighted by Crippen LogP contribution is -2.58. The summed E-state index contributed by atoms with van der Waals surface area (Å²) in [5, 5.41) is 0.920. The van der Waals surface area contributed by atoms with Gasteiger partial charge >= 0.3 is 11.6 Å². The highest BCUT2D eigenvalue weighted by atomic mass is 16.6. The summed E-state index contributed by atoms with van der Waals surface area (Å²) in [5.74, 6) is 0.439. The predicted octanol–water partition coefficient (Wildman–Crippen LogP) is 3.14. The van der Waals surface area contributed by atoms with Gasteiger partial charge in [0.2, 0.25) is 0 Å². The Labute approximate surface area is 189 Å². The highest BCUT2D eigenvalue weighted by molar-refractivity contribution is 5.82. The van der Waals surface area contributed by atoms with Crippen molar-refractivity contribution < 1.29 is 18.7 Å². The quantitative estimate of drug-likeness (QED) is 0.459. The number of morpholine rings is 1. The summed E-state index contributed by atoms with van der Waals surface area (Å²) in [4.78, 5) is 29.6. The van der Waals surface area contributed by atoms with Crippen LogP contribution in [0.15, 0.2) is 27.4 Å². The average molecular weight is 443 g/mol. The Hall–Kier alpha value is -2.38.